The minimum absolute atomic E-state index is 0.0613. The molecule has 0 heterocycles. The summed E-state index contributed by atoms with van der Waals surface area (Å²) >= 11 is 0. The summed E-state index contributed by atoms with van der Waals surface area (Å²) in [5.74, 6) is 0.727. The van der Waals surface area contributed by atoms with E-state index >= 15 is 0 Å². The highest BCUT2D eigenvalue weighted by atomic mass is 16.5. The summed E-state index contributed by atoms with van der Waals surface area (Å²) in [4.78, 5) is 12.0. The van der Waals surface area contributed by atoms with E-state index in [1.807, 2.05) is 45.0 Å². The molecule has 0 aliphatic rings. The van der Waals surface area contributed by atoms with Crippen LogP contribution in [0.25, 0.3) is 11.1 Å². The summed E-state index contributed by atoms with van der Waals surface area (Å²) in [5.41, 5.74) is 3.30. The molecule has 3 nitrogen and oxygen atoms in total. The topological polar surface area (TPSA) is 35.5 Å². The van der Waals surface area contributed by atoms with Gasteiger partial charge in [-0.2, -0.15) is 0 Å². The standard InChI is InChI=1S/C26H36O3/c1-5-7-8-9-10-19-28-25-17-15-24(16-18-25)23-13-11-22(12-14-23)21(4)29-26(27)20(3)6-2/h11-18,20-21H,5-10,19H2,1-4H3. The number of esters is 1. The van der Waals surface area contributed by atoms with Gasteiger partial charge in [0.1, 0.15) is 11.9 Å². The van der Waals surface area contributed by atoms with Gasteiger partial charge >= 0.3 is 5.97 Å². The minimum atomic E-state index is -0.237. The van der Waals surface area contributed by atoms with Crippen molar-refractivity contribution >= 4 is 5.97 Å². The average Bonchev–Trinajstić information content (AvgIpc) is 2.76. The van der Waals surface area contributed by atoms with Crippen molar-refractivity contribution in [2.45, 2.75) is 72.3 Å². The monoisotopic (exact) mass is 396 g/mol. The molecule has 2 aromatic rings. The zero-order chi connectivity index (χ0) is 21.1. The largest absolute Gasteiger partial charge is 0.494 e. The molecule has 2 rings (SSSR count). The van der Waals surface area contributed by atoms with Crippen molar-refractivity contribution in [3.8, 4) is 16.9 Å². The molecular weight excluding hydrogens is 360 g/mol. The van der Waals surface area contributed by atoms with E-state index in [9.17, 15) is 4.79 Å². The fourth-order valence-electron chi connectivity index (χ4n) is 3.11. The van der Waals surface area contributed by atoms with E-state index in [2.05, 4.69) is 31.2 Å². The van der Waals surface area contributed by atoms with Gasteiger partial charge in [-0.25, -0.2) is 0 Å². The second kappa shape index (κ2) is 12.3. The summed E-state index contributed by atoms with van der Waals surface area (Å²) in [7, 11) is 0. The highest BCUT2D eigenvalue weighted by Crippen LogP contribution is 2.26. The van der Waals surface area contributed by atoms with E-state index in [1.54, 1.807) is 0 Å². The predicted octanol–water partition coefficient (Wildman–Crippen LogP) is 7.35. The first-order valence-electron chi connectivity index (χ1n) is 11.1. The first-order valence-corrected chi connectivity index (χ1v) is 11.1. The van der Waals surface area contributed by atoms with Crippen LogP contribution < -0.4 is 4.74 Å². The number of hydrogen-bond donors (Lipinski definition) is 0. The van der Waals surface area contributed by atoms with Gasteiger partial charge in [0, 0.05) is 0 Å². The quantitative estimate of drug-likeness (QED) is 0.278. The Morgan fingerprint density at radius 3 is 2.00 bits per heavy atom. The summed E-state index contributed by atoms with van der Waals surface area (Å²) < 4.78 is 11.4. The van der Waals surface area contributed by atoms with Gasteiger partial charge in [-0.15, -0.1) is 0 Å². The van der Waals surface area contributed by atoms with Crippen LogP contribution in [0.15, 0.2) is 48.5 Å². The van der Waals surface area contributed by atoms with Crippen LogP contribution in [-0.2, 0) is 9.53 Å². The summed E-state index contributed by atoms with van der Waals surface area (Å²) in [6, 6.07) is 16.5. The molecule has 0 spiro atoms. The van der Waals surface area contributed by atoms with Crippen LogP contribution in [0, 0.1) is 5.92 Å². The molecule has 2 unspecified atom stereocenters. The van der Waals surface area contributed by atoms with Crippen molar-refractivity contribution in [2.75, 3.05) is 6.61 Å². The van der Waals surface area contributed by atoms with Crippen LogP contribution in [-0.4, -0.2) is 12.6 Å². The lowest BCUT2D eigenvalue weighted by molar-refractivity contribution is -0.153. The number of rotatable bonds is 12. The molecule has 0 bridgehead atoms. The second-order valence-electron chi connectivity index (χ2n) is 7.80. The third kappa shape index (κ3) is 7.56. The third-order valence-electron chi connectivity index (χ3n) is 5.39. The Balaban J connectivity index is 1.87. The summed E-state index contributed by atoms with van der Waals surface area (Å²) in [5, 5.41) is 0. The van der Waals surface area contributed by atoms with Gasteiger partial charge in [0.15, 0.2) is 0 Å². The van der Waals surface area contributed by atoms with E-state index in [0.717, 1.165) is 41.9 Å². The Labute approximate surface area is 176 Å². The van der Waals surface area contributed by atoms with Crippen LogP contribution in [0.1, 0.15) is 77.9 Å². The zero-order valence-corrected chi connectivity index (χ0v) is 18.4. The lowest BCUT2D eigenvalue weighted by Gasteiger charge is -2.16. The van der Waals surface area contributed by atoms with E-state index in [4.69, 9.17) is 9.47 Å². The molecule has 0 aromatic heterocycles. The van der Waals surface area contributed by atoms with Crippen molar-refractivity contribution in [3.63, 3.8) is 0 Å². The first-order chi connectivity index (χ1) is 14.0. The number of hydrogen-bond acceptors (Lipinski definition) is 3. The maximum atomic E-state index is 12.0. The van der Waals surface area contributed by atoms with E-state index in [0.29, 0.717) is 0 Å². The molecule has 0 radical (unpaired) electrons. The fourth-order valence-corrected chi connectivity index (χ4v) is 3.11. The van der Waals surface area contributed by atoms with Crippen LogP contribution >= 0.6 is 0 Å². The SMILES string of the molecule is CCCCCCCOc1ccc(-c2ccc(C(C)OC(=O)C(C)CC)cc2)cc1. The van der Waals surface area contributed by atoms with Crippen LogP contribution in [0.2, 0.25) is 0 Å². The molecule has 3 heteroatoms. The minimum Gasteiger partial charge on any atom is -0.494 e. The maximum Gasteiger partial charge on any atom is 0.309 e. The van der Waals surface area contributed by atoms with E-state index in [-0.39, 0.29) is 18.0 Å². The van der Waals surface area contributed by atoms with Crippen molar-refractivity contribution in [1.82, 2.24) is 0 Å². The Kier molecular flexibility index (Phi) is 9.76. The van der Waals surface area contributed by atoms with Gasteiger partial charge in [-0.3, -0.25) is 4.79 Å². The zero-order valence-electron chi connectivity index (χ0n) is 18.4. The third-order valence-corrected chi connectivity index (χ3v) is 5.39. The summed E-state index contributed by atoms with van der Waals surface area (Å²) in [6.45, 7) is 8.83. The van der Waals surface area contributed by atoms with Gasteiger partial charge in [0.05, 0.1) is 12.5 Å². The Bertz CT molecular complexity index is 719. The van der Waals surface area contributed by atoms with Crippen LogP contribution in [0.4, 0.5) is 0 Å². The normalized spacial score (nSPS) is 13.0. The van der Waals surface area contributed by atoms with E-state index < -0.39 is 0 Å². The molecule has 0 fully saturated rings. The molecule has 0 aliphatic carbocycles. The fraction of sp³-hybridized carbons (Fsp3) is 0.500. The molecule has 2 aromatic carbocycles. The Morgan fingerprint density at radius 1 is 0.828 bits per heavy atom. The lowest BCUT2D eigenvalue weighted by atomic mass is 10.0. The summed E-state index contributed by atoms with van der Waals surface area (Å²) in [6.07, 6.45) is 6.79. The molecule has 158 valence electrons. The average molecular weight is 397 g/mol. The first kappa shape index (κ1) is 23.0. The van der Waals surface area contributed by atoms with Crippen LogP contribution in [0.3, 0.4) is 0 Å². The van der Waals surface area contributed by atoms with Crippen molar-refractivity contribution in [2.24, 2.45) is 5.92 Å². The van der Waals surface area contributed by atoms with Crippen molar-refractivity contribution < 1.29 is 14.3 Å². The van der Waals surface area contributed by atoms with Crippen molar-refractivity contribution in [3.05, 3.63) is 54.1 Å². The predicted molar refractivity (Wildman–Crippen MR) is 120 cm³/mol. The number of ether oxygens (including phenoxy) is 2. The molecule has 2 atom stereocenters. The van der Waals surface area contributed by atoms with Gasteiger partial charge in [-0.05, 0) is 48.6 Å². The molecular formula is C26H36O3. The van der Waals surface area contributed by atoms with Gasteiger partial charge in [0.25, 0.3) is 0 Å². The maximum absolute atomic E-state index is 12.0. The Hall–Kier alpha value is -2.29. The number of carbonyl (C=O) groups is 1. The number of carbonyl (C=O) groups excluding carboxylic acids is 1. The molecule has 0 saturated carbocycles. The second-order valence-corrected chi connectivity index (χ2v) is 7.80. The van der Waals surface area contributed by atoms with E-state index in [1.165, 1.54) is 25.7 Å². The molecule has 0 N–H and O–H groups in total. The molecule has 29 heavy (non-hydrogen) atoms. The smallest absolute Gasteiger partial charge is 0.309 e. The highest BCUT2D eigenvalue weighted by molar-refractivity contribution is 5.72. The Morgan fingerprint density at radius 2 is 1.41 bits per heavy atom. The lowest BCUT2D eigenvalue weighted by Crippen LogP contribution is -2.16. The highest BCUT2D eigenvalue weighted by Gasteiger charge is 2.16. The van der Waals surface area contributed by atoms with Gasteiger partial charge in [-0.1, -0.05) is 82.9 Å². The van der Waals surface area contributed by atoms with Gasteiger partial charge in [0.2, 0.25) is 0 Å². The molecule has 0 aliphatic heterocycles. The number of unbranched alkanes of at least 4 members (excludes halogenated alkanes) is 4. The molecule has 0 amide bonds. The van der Waals surface area contributed by atoms with Crippen molar-refractivity contribution in [1.29, 1.82) is 0 Å². The van der Waals surface area contributed by atoms with Gasteiger partial charge < -0.3 is 9.47 Å². The number of benzene rings is 2. The molecule has 0 saturated heterocycles. The van der Waals surface area contributed by atoms with Crippen LogP contribution in [0.5, 0.6) is 5.75 Å².